The number of hydrogen-bond acceptors (Lipinski definition) is 1. The Bertz CT molecular complexity index is 537. The van der Waals surface area contributed by atoms with Crippen LogP contribution in [-0.2, 0) is 6.54 Å². The molecule has 2 aromatic rings. The number of halogens is 1. The molecule has 3 heteroatoms. The molecule has 1 nitrogen and oxygen atoms in total. The molecule has 0 saturated heterocycles. The van der Waals surface area contributed by atoms with Gasteiger partial charge in [-0.15, -0.1) is 0 Å². The first-order chi connectivity index (χ1) is 9.08. The summed E-state index contributed by atoms with van der Waals surface area (Å²) in [6.45, 7) is 3.07. The van der Waals surface area contributed by atoms with Gasteiger partial charge in [0.2, 0.25) is 0 Å². The Kier molecular flexibility index (Phi) is 5.39. The quantitative estimate of drug-likeness (QED) is 0.622. The molecule has 0 aliphatic rings. The van der Waals surface area contributed by atoms with Crippen LogP contribution in [0, 0.1) is 6.92 Å². The van der Waals surface area contributed by atoms with E-state index in [-0.39, 0.29) is 0 Å². The molecule has 100 valence electrons. The summed E-state index contributed by atoms with van der Waals surface area (Å²) in [4.78, 5) is 2.20. The van der Waals surface area contributed by atoms with E-state index >= 15 is 0 Å². The molecule has 0 atom stereocenters. The Morgan fingerprint density at radius 2 is 1.63 bits per heavy atom. The maximum absolute atomic E-state index is 6.86. The Morgan fingerprint density at radius 3 is 2.26 bits per heavy atom. The molecule has 0 saturated carbocycles. The average molecular weight is 470 g/mol. The average Bonchev–Trinajstić information content (AvgIpc) is 2.39. The molecule has 2 rings (SSSR count). The zero-order chi connectivity index (χ0) is 13.8. The second-order valence-corrected chi connectivity index (χ2v) is 14.0. The summed E-state index contributed by atoms with van der Waals surface area (Å²) in [7, 11) is 11.1. The normalized spacial score (nSPS) is 11.3. The van der Waals surface area contributed by atoms with Gasteiger partial charge in [0.25, 0.3) is 0 Å². The second kappa shape index (κ2) is 6.84. The summed E-state index contributed by atoms with van der Waals surface area (Å²) in [5, 5.41) is 0. The van der Waals surface area contributed by atoms with Crippen molar-refractivity contribution in [2.24, 2.45) is 0 Å². The van der Waals surface area contributed by atoms with Crippen LogP contribution in [0.25, 0.3) is 0 Å². The number of benzene rings is 2. The molecule has 0 spiro atoms. The van der Waals surface area contributed by atoms with Crippen LogP contribution < -0.4 is 6.54 Å². The van der Waals surface area contributed by atoms with Gasteiger partial charge in [-0.1, -0.05) is 0 Å². The van der Waals surface area contributed by atoms with Gasteiger partial charge in [0, 0.05) is 0 Å². The molecule has 0 N–H and O–H groups in total. The van der Waals surface area contributed by atoms with E-state index in [9.17, 15) is 0 Å². The summed E-state index contributed by atoms with van der Waals surface area (Å²) in [5.74, 6) is 0. The van der Waals surface area contributed by atoms with E-state index in [4.69, 9.17) is 8.51 Å². The molecule has 0 amide bonds. The van der Waals surface area contributed by atoms with Gasteiger partial charge in [-0.25, -0.2) is 0 Å². The van der Waals surface area contributed by atoms with Crippen molar-refractivity contribution in [1.29, 1.82) is 0 Å². The number of aryl methyl sites for hydroxylation is 1. The van der Waals surface area contributed by atoms with E-state index in [0.717, 1.165) is 6.54 Å². The van der Waals surface area contributed by atoms with E-state index in [1.54, 1.807) is 0 Å². The van der Waals surface area contributed by atoms with E-state index in [1.807, 2.05) is 0 Å². The fourth-order valence-corrected chi connectivity index (χ4v) is 9.49. The molecule has 0 radical (unpaired) electrons. The van der Waals surface area contributed by atoms with Crippen LogP contribution in [0.5, 0.6) is 0 Å². The maximum atomic E-state index is 6.86. The van der Waals surface area contributed by atoms with Crippen molar-refractivity contribution in [3.8, 4) is 0 Å². The number of rotatable bonds is 4. The molecular formula is C16H19BiClN. The van der Waals surface area contributed by atoms with Gasteiger partial charge in [-0.3, -0.25) is 0 Å². The van der Waals surface area contributed by atoms with Gasteiger partial charge in [0.15, 0.2) is 0 Å². The summed E-state index contributed by atoms with van der Waals surface area (Å²) in [6, 6.07) is 17.3. The fraction of sp³-hybridized carbons (Fsp3) is 0.250. The molecule has 19 heavy (non-hydrogen) atoms. The Morgan fingerprint density at radius 1 is 1.00 bits per heavy atom. The van der Waals surface area contributed by atoms with Crippen molar-refractivity contribution >= 4 is 35.6 Å². The zero-order valence-electron chi connectivity index (χ0n) is 11.6. The molecule has 0 aliphatic carbocycles. The van der Waals surface area contributed by atoms with Gasteiger partial charge in [-0.05, 0) is 0 Å². The molecule has 0 heterocycles. The third-order valence-corrected chi connectivity index (χ3v) is 12.5. The monoisotopic (exact) mass is 469 g/mol. The van der Waals surface area contributed by atoms with Crippen molar-refractivity contribution in [3.05, 3.63) is 59.7 Å². The van der Waals surface area contributed by atoms with E-state index < -0.39 is 20.6 Å². The summed E-state index contributed by atoms with van der Waals surface area (Å²) in [5.41, 5.74) is 2.67. The van der Waals surface area contributed by atoms with E-state index in [2.05, 4.69) is 74.4 Å². The SMILES string of the molecule is Cc1cc[c]([Bi]([Cl])[c]2ccccc2CN(C)C)cc1. The van der Waals surface area contributed by atoms with Crippen molar-refractivity contribution in [2.45, 2.75) is 13.5 Å². The predicted molar refractivity (Wildman–Crippen MR) is 85.9 cm³/mol. The molecule has 0 aliphatic heterocycles. The van der Waals surface area contributed by atoms with Crippen LogP contribution in [-0.4, -0.2) is 39.6 Å². The molecule has 0 aromatic heterocycles. The first-order valence-corrected chi connectivity index (χ1v) is 14.1. The predicted octanol–water partition coefficient (Wildman–Crippen LogP) is 2.40. The van der Waals surface area contributed by atoms with Crippen LogP contribution in [0.15, 0.2) is 48.5 Å². The molecule has 2 aromatic carbocycles. The molecule has 0 fully saturated rings. The summed E-state index contributed by atoms with van der Waals surface area (Å²) >= 11 is -2.29. The Balaban J connectivity index is 2.32. The van der Waals surface area contributed by atoms with Crippen LogP contribution in [0.2, 0.25) is 0 Å². The zero-order valence-corrected chi connectivity index (χ0v) is 15.8. The first-order valence-electron chi connectivity index (χ1n) is 6.33. The van der Waals surface area contributed by atoms with Crippen molar-refractivity contribution in [3.63, 3.8) is 0 Å². The Hall–Kier alpha value is -0.427. The van der Waals surface area contributed by atoms with Gasteiger partial charge in [0.05, 0.1) is 0 Å². The van der Waals surface area contributed by atoms with Crippen LogP contribution in [0.4, 0.5) is 0 Å². The molecular weight excluding hydrogens is 451 g/mol. The van der Waals surface area contributed by atoms with Crippen LogP contribution in [0.3, 0.4) is 0 Å². The van der Waals surface area contributed by atoms with Crippen molar-refractivity contribution in [1.82, 2.24) is 4.90 Å². The second-order valence-electron chi connectivity index (χ2n) is 4.98. The van der Waals surface area contributed by atoms with Crippen LogP contribution in [0.1, 0.15) is 11.1 Å². The van der Waals surface area contributed by atoms with Crippen LogP contribution >= 0.6 is 8.51 Å². The first kappa shape index (κ1) is 15.0. The Labute approximate surface area is 127 Å². The summed E-state index contributed by atoms with van der Waals surface area (Å²) in [6.07, 6.45) is 0. The topological polar surface area (TPSA) is 3.24 Å². The van der Waals surface area contributed by atoms with E-state index in [1.165, 1.54) is 17.7 Å². The van der Waals surface area contributed by atoms with E-state index in [0.29, 0.717) is 0 Å². The van der Waals surface area contributed by atoms with Crippen molar-refractivity contribution in [2.75, 3.05) is 14.1 Å². The van der Waals surface area contributed by atoms with Gasteiger partial charge >= 0.3 is 128 Å². The summed E-state index contributed by atoms with van der Waals surface area (Å²) < 4.78 is 2.75. The van der Waals surface area contributed by atoms with Gasteiger partial charge < -0.3 is 0 Å². The van der Waals surface area contributed by atoms with Crippen molar-refractivity contribution < 1.29 is 0 Å². The van der Waals surface area contributed by atoms with Gasteiger partial charge in [0.1, 0.15) is 0 Å². The molecule has 0 bridgehead atoms. The number of nitrogens with zero attached hydrogens (tertiary/aromatic N) is 1. The standard InChI is InChI=1S/C9H12N.C7H7.Bi.ClH/c1-10(2)8-9-6-4-3-5-7-9;1-7-5-3-2-4-6-7;;/h3-6H,8H2,1-2H3;3-6H,1H3;;1H/q;;+1;/p-1. The minimum absolute atomic E-state index is 0.959. The van der Waals surface area contributed by atoms with Gasteiger partial charge in [-0.2, -0.15) is 0 Å². The third-order valence-electron chi connectivity index (χ3n) is 2.95. The fourth-order valence-electron chi connectivity index (χ4n) is 1.99. The third kappa shape index (κ3) is 4.02. The minimum atomic E-state index is -2.29. The molecule has 0 unspecified atom stereocenters. The number of hydrogen-bond donors (Lipinski definition) is 0.